The maximum atomic E-state index is 11.2. The molecule has 0 aliphatic carbocycles. The first-order valence-electron chi connectivity index (χ1n) is 6.50. The molecule has 0 saturated heterocycles. The summed E-state index contributed by atoms with van der Waals surface area (Å²) in [5, 5.41) is 11.5. The number of ether oxygens (including phenoxy) is 2. The van der Waals surface area contributed by atoms with Gasteiger partial charge in [0.25, 0.3) is 5.69 Å². The molecule has 1 aromatic carbocycles. The molecule has 0 amide bonds. The lowest BCUT2D eigenvalue weighted by atomic mass is 10.2. The Morgan fingerprint density at radius 3 is 2.43 bits per heavy atom. The first-order chi connectivity index (χ1) is 9.79. The van der Waals surface area contributed by atoms with Crippen LogP contribution in [0.2, 0.25) is 0 Å². The summed E-state index contributed by atoms with van der Waals surface area (Å²) >= 11 is 1.15. The fourth-order valence-electron chi connectivity index (χ4n) is 1.86. The molecule has 0 saturated carbocycles. The predicted molar refractivity (Wildman–Crippen MR) is 82.2 cm³/mol. The number of nitro groups is 1. The quantitative estimate of drug-likeness (QED) is 0.671. The van der Waals surface area contributed by atoms with E-state index in [2.05, 4.69) is 4.98 Å². The standard InChI is InChI=1S/C13H17N3O4S/c1-6(2)19-9-5-8(16(17)18)10-12(21-13(14)15-10)11(9)20-7(3)4/h5-7H,1-4H3,(H2,14,15). The molecule has 0 radical (unpaired) electrons. The Labute approximate surface area is 125 Å². The first kappa shape index (κ1) is 15.3. The molecule has 0 fully saturated rings. The Balaban J connectivity index is 2.75. The molecule has 1 heterocycles. The van der Waals surface area contributed by atoms with Gasteiger partial charge >= 0.3 is 0 Å². The average Bonchev–Trinajstić information content (AvgIpc) is 2.72. The molecule has 7 nitrogen and oxygen atoms in total. The van der Waals surface area contributed by atoms with E-state index >= 15 is 0 Å². The maximum absolute atomic E-state index is 11.2. The van der Waals surface area contributed by atoms with Gasteiger partial charge in [0.2, 0.25) is 0 Å². The Morgan fingerprint density at radius 1 is 1.29 bits per heavy atom. The molecular formula is C13H17N3O4S. The fourth-order valence-corrected chi connectivity index (χ4v) is 2.70. The van der Waals surface area contributed by atoms with E-state index < -0.39 is 4.92 Å². The Kier molecular flexibility index (Phi) is 4.17. The summed E-state index contributed by atoms with van der Waals surface area (Å²) in [6.45, 7) is 7.43. The molecule has 21 heavy (non-hydrogen) atoms. The van der Waals surface area contributed by atoms with Crippen molar-refractivity contribution in [1.29, 1.82) is 0 Å². The highest BCUT2D eigenvalue weighted by Gasteiger charge is 2.25. The third-order valence-corrected chi connectivity index (χ3v) is 3.38. The van der Waals surface area contributed by atoms with Gasteiger partial charge in [-0.05, 0) is 27.7 Å². The smallest absolute Gasteiger partial charge is 0.300 e. The average molecular weight is 311 g/mol. The summed E-state index contributed by atoms with van der Waals surface area (Å²) in [6.07, 6.45) is -0.241. The Morgan fingerprint density at radius 2 is 1.90 bits per heavy atom. The van der Waals surface area contributed by atoms with Crippen molar-refractivity contribution < 1.29 is 14.4 Å². The molecule has 0 unspecified atom stereocenters. The van der Waals surface area contributed by atoms with Crippen molar-refractivity contribution in [1.82, 2.24) is 4.98 Å². The van der Waals surface area contributed by atoms with Gasteiger partial charge in [0.1, 0.15) is 4.70 Å². The van der Waals surface area contributed by atoms with E-state index in [0.717, 1.165) is 11.3 Å². The van der Waals surface area contributed by atoms with E-state index in [1.807, 2.05) is 27.7 Å². The van der Waals surface area contributed by atoms with Crippen LogP contribution >= 0.6 is 11.3 Å². The first-order valence-corrected chi connectivity index (χ1v) is 7.32. The highest BCUT2D eigenvalue weighted by molar-refractivity contribution is 7.22. The number of hydrogen-bond donors (Lipinski definition) is 1. The molecule has 2 N–H and O–H groups in total. The van der Waals surface area contributed by atoms with E-state index in [1.165, 1.54) is 6.07 Å². The number of anilines is 1. The van der Waals surface area contributed by atoms with Crippen LogP contribution in [-0.2, 0) is 0 Å². The van der Waals surface area contributed by atoms with Gasteiger partial charge in [-0.1, -0.05) is 11.3 Å². The van der Waals surface area contributed by atoms with E-state index in [1.54, 1.807) is 0 Å². The minimum Gasteiger partial charge on any atom is -0.487 e. The molecule has 1 aromatic heterocycles. The number of hydrogen-bond acceptors (Lipinski definition) is 7. The summed E-state index contributed by atoms with van der Waals surface area (Å²) in [5.74, 6) is 0.787. The topological polar surface area (TPSA) is 101 Å². The van der Waals surface area contributed by atoms with Gasteiger partial charge in [0, 0.05) is 0 Å². The van der Waals surface area contributed by atoms with Gasteiger partial charge < -0.3 is 15.2 Å². The van der Waals surface area contributed by atoms with Crippen molar-refractivity contribution in [2.75, 3.05) is 5.73 Å². The summed E-state index contributed by atoms with van der Waals surface area (Å²) < 4.78 is 12.0. The second-order valence-corrected chi connectivity index (χ2v) is 6.07. The van der Waals surface area contributed by atoms with Crippen LogP contribution in [0.15, 0.2) is 6.07 Å². The van der Waals surface area contributed by atoms with Crippen LogP contribution in [0.5, 0.6) is 11.5 Å². The summed E-state index contributed by atoms with van der Waals surface area (Å²) in [6, 6.07) is 1.35. The van der Waals surface area contributed by atoms with Gasteiger partial charge in [-0.15, -0.1) is 0 Å². The molecule has 0 atom stereocenters. The van der Waals surface area contributed by atoms with E-state index in [0.29, 0.717) is 16.2 Å². The Bertz CT molecular complexity index is 682. The molecule has 0 bridgehead atoms. The van der Waals surface area contributed by atoms with Crippen molar-refractivity contribution in [2.45, 2.75) is 39.9 Å². The normalized spacial score (nSPS) is 11.3. The van der Waals surface area contributed by atoms with Crippen LogP contribution in [0.4, 0.5) is 10.8 Å². The highest BCUT2D eigenvalue weighted by atomic mass is 32.1. The number of nitrogens with two attached hydrogens (primary N) is 1. The number of benzene rings is 1. The minimum absolute atomic E-state index is 0.104. The molecule has 8 heteroatoms. The van der Waals surface area contributed by atoms with Gasteiger partial charge in [0.05, 0.1) is 23.2 Å². The fraction of sp³-hybridized carbons (Fsp3) is 0.462. The van der Waals surface area contributed by atoms with Gasteiger partial charge in [-0.25, -0.2) is 4.98 Å². The van der Waals surface area contributed by atoms with Crippen molar-refractivity contribution in [3.8, 4) is 11.5 Å². The van der Waals surface area contributed by atoms with Crippen LogP contribution in [0.25, 0.3) is 10.2 Å². The maximum Gasteiger partial charge on any atom is 0.300 e. The van der Waals surface area contributed by atoms with E-state index in [9.17, 15) is 10.1 Å². The van der Waals surface area contributed by atoms with Crippen molar-refractivity contribution in [3.05, 3.63) is 16.2 Å². The lowest BCUT2D eigenvalue weighted by Gasteiger charge is -2.17. The number of aromatic nitrogens is 1. The number of fused-ring (bicyclic) bond motifs is 1. The predicted octanol–water partition coefficient (Wildman–Crippen LogP) is 3.36. The molecular weight excluding hydrogens is 294 g/mol. The van der Waals surface area contributed by atoms with Crippen LogP contribution in [0, 0.1) is 10.1 Å². The van der Waals surface area contributed by atoms with Gasteiger partial charge in [0.15, 0.2) is 22.1 Å². The van der Waals surface area contributed by atoms with Crippen LogP contribution < -0.4 is 15.2 Å². The summed E-state index contributed by atoms with van der Waals surface area (Å²) in [5.41, 5.74) is 5.80. The number of non-ortho nitro benzene ring substituents is 1. The number of nitrogens with zero attached hydrogens (tertiary/aromatic N) is 2. The lowest BCUT2D eigenvalue weighted by Crippen LogP contribution is -2.11. The molecule has 114 valence electrons. The third kappa shape index (κ3) is 3.15. The summed E-state index contributed by atoms with van der Waals surface area (Å²) in [7, 11) is 0. The van der Waals surface area contributed by atoms with E-state index in [-0.39, 0.29) is 28.5 Å². The number of rotatable bonds is 5. The van der Waals surface area contributed by atoms with Crippen LogP contribution in [-0.4, -0.2) is 22.1 Å². The zero-order chi connectivity index (χ0) is 15.7. The SMILES string of the molecule is CC(C)Oc1cc([N+](=O)[O-])c2nc(N)sc2c1OC(C)C. The molecule has 2 aromatic rings. The number of thiazole rings is 1. The molecule has 2 rings (SSSR count). The van der Waals surface area contributed by atoms with Gasteiger partial charge in [-0.2, -0.15) is 0 Å². The van der Waals surface area contributed by atoms with Crippen LogP contribution in [0.1, 0.15) is 27.7 Å². The molecule has 0 aliphatic heterocycles. The minimum atomic E-state index is -0.492. The number of nitrogen functional groups attached to an aromatic ring is 1. The lowest BCUT2D eigenvalue weighted by molar-refractivity contribution is -0.383. The van der Waals surface area contributed by atoms with Crippen molar-refractivity contribution in [3.63, 3.8) is 0 Å². The Hall–Kier alpha value is -2.09. The zero-order valence-electron chi connectivity index (χ0n) is 12.2. The van der Waals surface area contributed by atoms with Crippen molar-refractivity contribution in [2.24, 2.45) is 0 Å². The highest BCUT2D eigenvalue weighted by Crippen LogP contribution is 2.45. The molecule has 0 spiro atoms. The molecule has 0 aliphatic rings. The third-order valence-electron chi connectivity index (χ3n) is 2.50. The van der Waals surface area contributed by atoms with Gasteiger partial charge in [-0.3, -0.25) is 10.1 Å². The zero-order valence-corrected chi connectivity index (χ0v) is 13.1. The second-order valence-electron chi connectivity index (χ2n) is 5.04. The monoisotopic (exact) mass is 311 g/mol. The van der Waals surface area contributed by atoms with Crippen LogP contribution in [0.3, 0.4) is 0 Å². The second kappa shape index (κ2) is 5.72. The van der Waals surface area contributed by atoms with Crippen molar-refractivity contribution >= 4 is 32.4 Å². The number of nitro benzene ring substituents is 1. The van der Waals surface area contributed by atoms with E-state index in [4.69, 9.17) is 15.2 Å². The summed E-state index contributed by atoms with van der Waals surface area (Å²) in [4.78, 5) is 14.8. The largest absolute Gasteiger partial charge is 0.487 e.